The summed E-state index contributed by atoms with van der Waals surface area (Å²) >= 11 is 1.44. The summed E-state index contributed by atoms with van der Waals surface area (Å²) in [7, 11) is -3.96. The van der Waals surface area contributed by atoms with Crippen LogP contribution in [0.1, 0.15) is 22.4 Å². The van der Waals surface area contributed by atoms with Crippen LogP contribution < -0.4 is 4.72 Å². The fourth-order valence-corrected chi connectivity index (χ4v) is 4.87. The highest BCUT2D eigenvalue weighted by molar-refractivity contribution is 7.90. The molecule has 4 rings (SSSR count). The van der Waals surface area contributed by atoms with Crippen molar-refractivity contribution >= 4 is 27.3 Å². The topological polar surface area (TPSA) is 85.4 Å². The number of nitrogens with one attached hydrogen (secondary N) is 1. The van der Waals surface area contributed by atoms with Crippen LogP contribution in [-0.2, 0) is 39.2 Å². The number of fused-ring (bicyclic) bond motifs is 1. The second kappa shape index (κ2) is 7.46. The second-order valence-corrected chi connectivity index (χ2v) is 9.16. The van der Waals surface area contributed by atoms with E-state index in [4.69, 9.17) is 4.74 Å². The molecule has 1 aliphatic heterocycles. The first-order valence-corrected chi connectivity index (χ1v) is 11.0. The Bertz CT molecular complexity index is 1150. The lowest BCUT2D eigenvalue weighted by molar-refractivity contribution is -0.118. The summed E-state index contributed by atoms with van der Waals surface area (Å²) < 4.78 is 32.8. The molecule has 0 saturated carbocycles. The Morgan fingerprint density at radius 3 is 2.79 bits per heavy atom. The quantitative estimate of drug-likeness (QED) is 0.693. The van der Waals surface area contributed by atoms with E-state index in [-0.39, 0.29) is 11.3 Å². The number of ether oxygens (including phenoxy) is 1. The van der Waals surface area contributed by atoms with Crippen LogP contribution in [0.25, 0.3) is 10.6 Å². The maximum Gasteiger partial charge on any atom is 0.264 e. The van der Waals surface area contributed by atoms with Gasteiger partial charge in [0.15, 0.2) is 0 Å². The summed E-state index contributed by atoms with van der Waals surface area (Å²) in [5.41, 5.74) is 4.47. The molecule has 0 unspecified atom stereocenters. The number of carbonyl (C=O) groups excluding carboxylic acids is 1. The van der Waals surface area contributed by atoms with E-state index in [2.05, 4.69) is 9.71 Å². The number of amides is 1. The fourth-order valence-electron chi connectivity index (χ4n) is 3.05. The molecule has 2 aromatic carbocycles. The summed E-state index contributed by atoms with van der Waals surface area (Å²) in [4.78, 5) is 16.7. The third kappa shape index (κ3) is 3.99. The van der Waals surface area contributed by atoms with E-state index in [9.17, 15) is 13.2 Å². The molecule has 6 nitrogen and oxygen atoms in total. The van der Waals surface area contributed by atoms with Gasteiger partial charge in [0.05, 0.1) is 24.5 Å². The van der Waals surface area contributed by atoms with Gasteiger partial charge in [0, 0.05) is 16.6 Å². The molecule has 1 amide bonds. The molecule has 1 N–H and O–H groups in total. The standard InChI is InChI=1S/C20H18N2O4S2/c1-13-12-27-20(21-13)15-3-2-4-18(9-15)28(24,25)22-19(23)8-14-5-6-16-10-26-11-17(16)7-14/h2-7,9,12H,8,10-11H2,1H3,(H,22,23). The molecule has 0 radical (unpaired) electrons. The molecule has 8 heteroatoms. The van der Waals surface area contributed by atoms with E-state index in [1.807, 2.05) is 30.5 Å². The molecule has 0 spiro atoms. The summed E-state index contributed by atoms with van der Waals surface area (Å²) in [5, 5.41) is 2.64. The number of aromatic nitrogens is 1. The number of carbonyl (C=O) groups is 1. The van der Waals surface area contributed by atoms with Crippen molar-refractivity contribution in [2.75, 3.05) is 0 Å². The van der Waals surface area contributed by atoms with E-state index in [0.717, 1.165) is 27.4 Å². The molecule has 1 aromatic heterocycles. The number of hydrogen-bond acceptors (Lipinski definition) is 6. The highest BCUT2D eigenvalue weighted by atomic mass is 32.2. The van der Waals surface area contributed by atoms with Crippen molar-refractivity contribution in [3.05, 3.63) is 70.2 Å². The largest absolute Gasteiger partial charge is 0.372 e. The van der Waals surface area contributed by atoms with Crippen molar-refractivity contribution in [1.82, 2.24) is 9.71 Å². The Hall–Kier alpha value is -2.55. The molecule has 0 bridgehead atoms. The van der Waals surface area contributed by atoms with Crippen LogP contribution in [0.4, 0.5) is 0 Å². The van der Waals surface area contributed by atoms with Crippen LogP contribution in [0.5, 0.6) is 0 Å². The van der Waals surface area contributed by atoms with E-state index in [1.54, 1.807) is 12.1 Å². The lowest BCUT2D eigenvalue weighted by atomic mass is 10.0. The summed E-state index contributed by atoms with van der Waals surface area (Å²) in [6.07, 6.45) is -0.0160. The van der Waals surface area contributed by atoms with Crippen molar-refractivity contribution in [2.45, 2.75) is 31.5 Å². The van der Waals surface area contributed by atoms with Crippen LogP contribution in [0.15, 0.2) is 52.7 Å². The zero-order chi connectivity index (χ0) is 19.7. The zero-order valence-corrected chi connectivity index (χ0v) is 16.8. The average molecular weight is 415 g/mol. The third-order valence-corrected chi connectivity index (χ3v) is 6.79. The van der Waals surface area contributed by atoms with Gasteiger partial charge >= 0.3 is 0 Å². The van der Waals surface area contributed by atoms with Crippen molar-refractivity contribution in [3.63, 3.8) is 0 Å². The molecule has 2 heterocycles. The number of benzene rings is 2. The average Bonchev–Trinajstić information content (AvgIpc) is 3.29. The third-order valence-electron chi connectivity index (χ3n) is 4.41. The maximum atomic E-state index is 12.6. The van der Waals surface area contributed by atoms with Crippen LogP contribution in [-0.4, -0.2) is 19.3 Å². The molecule has 28 heavy (non-hydrogen) atoms. The first-order chi connectivity index (χ1) is 13.4. The maximum absolute atomic E-state index is 12.6. The lowest BCUT2D eigenvalue weighted by Gasteiger charge is -2.09. The van der Waals surface area contributed by atoms with Gasteiger partial charge in [-0.3, -0.25) is 4.79 Å². The van der Waals surface area contributed by atoms with Gasteiger partial charge in [0.1, 0.15) is 5.01 Å². The van der Waals surface area contributed by atoms with Crippen LogP contribution in [0.3, 0.4) is 0 Å². The second-order valence-electron chi connectivity index (χ2n) is 6.62. The number of aryl methyl sites for hydroxylation is 1. The predicted molar refractivity (Wildman–Crippen MR) is 106 cm³/mol. The molecule has 0 fully saturated rings. The first-order valence-electron chi connectivity index (χ1n) is 8.67. The normalized spacial score (nSPS) is 13.3. The van der Waals surface area contributed by atoms with Crippen molar-refractivity contribution in [2.24, 2.45) is 0 Å². The van der Waals surface area contributed by atoms with Gasteiger partial charge in [-0.05, 0) is 35.7 Å². The summed E-state index contributed by atoms with van der Waals surface area (Å²) in [6.45, 7) is 2.98. The minimum absolute atomic E-state index is 0.0160. The number of rotatable bonds is 5. The Balaban J connectivity index is 1.50. The SMILES string of the molecule is Cc1csc(-c2cccc(S(=O)(=O)NC(=O)Cc3ccc4c(c3)COC4)c2)n1. The molecule has 0 saturated heterocycles. The molecular weight excluding hydrogens is 396 g/mol. The Morgan fingerprint density at radius 2 is 2.00 bits per heavy atom. The van der Waals surface area contributed by atoms with Crippen molar-refractivity contribution < 1.29 is 17.9 Å². The van der Waals surface area contributed by atoms with Crippen molar-refractivity contribution in [1.29, 1.82) is 0 Å². The summed E-state index contributed by atoms with van der Waals surface area (Å²) in [6, 6.07) is 12.1. The zero-order valence-electron chi connectivity index (χ0n) is 15.1. The smallest absolute Gasteiger partial charge is 0.264 e. The van der Waals surface area contributed by atoms with Gasteiger partial charge in [0.2, 0.25) is 5.91 Å². The van der Waals surface area contributed by atoms with Crippen LogP contribution in [0, 0.1) is 6.92 Å². The highest BCUT2D eigenvalue weighted by Gasteiger charge is 2.20. The van der Waals surface area contributed by atoms with Crippen LogP contribution >= 0.6 is 11.3 Å². The molecule has 0 aliphatic carbocycles. The monoisotopic (exact) mass is 414 g/mol. The lowest BCUT2D eigenvalue weighted by Crippen LogP contribution is -2.31. The molecule has 1 aliphatic rings. The number of sulfonamides is 1. The minimum Gasteiger partial charge on any atom is -0.372 e. The van der Waals surface area contributed by atoms with Gasteiger partial charge < -0.3 is 4.74 Å². The first kappa shape index (κ1) is 18.8. The van der Waals surface area contributed by atoms with Gasteiger partial charge in [0.25, 0.3) is 10.0 Å². The molecular formula is C20H18N2O4S2. The van der Waals surface area contributed by atoms with Gasteiger partial charge in [-0.25, -0.2) is 18.1 Å². The number of nitrogens with zero attached hydrogens (tertiary/aromatic N) is 1. The van der Waals surface area contributed by atoms with Crippen molar-refractivity contribution in [3.8, 4) is 10.6 Å². The fraction of sp³-hybridized carbons (Fsp3) is 0.200. The molecule has 0 atom stereocenters. The van der Waals surface area contributed by atoms with Gasteiger partial charge in [-0.15, -0.1) is 11.3 Å². The Labute approximate surface area is 167 Å². The van der Waals surface area contributed by atoms with Gasteiger partial charge in [-0.1, -0.05) is 30.3 Å². The Kier molecular flexibility index (Phi) is 5.01. The predicted octanol–water partition coefficient (Wildman–Crippen LogP) is 3.20. The molecule has 144 valence electrons. The minimum atomic E-state index is -3.96. The van der Waals surface area contributed by atoms with E-state index in [0.29, 0.717) is 18.8 Å². The van der Waals surface area contributed by atoms with E-state index in [1.165, 1.54) is 23.5 Å². The van der Waals surface area contributed by atoms with E-state index >= 15 is 0 Å². The van der Waals surface area contributed by atoms with Crippen LogP contribution in [0.2, 0.25) is 0 Å². The Morgan fingerprint density at radius 1 is 1.18 bits per heavy atom. The number of thiazole rings is 1. The highest BCUT2D eigenvalue weighted by Crippen LogP contribution is 2.26. The van der Waals surface area contributed by atoms with Gasteiger partial charge in [-0.2, -0.15) is 0 Å². The summed E-state index contributed by atoms with van der Waals surface area (Å²) in [5.74, 6) is -0.575. The molecule has 3 aromatic rings. The number of hydrogen-bond donors (Lipinski definition) is 1. The van der Waals surface area contributed by atoms with E-state index < -0.39 is 15.9 Å².